The maximum Gasteiger partial charge on any atom is 0.246 e. The van der Waals surface area contributed by atoms with Gasteiger partial charge in [-0.25, -0.2) is 0 Å². The molecule has 0 unspecified atom stereocenters. The molecular weight excluding hydrogens is 1570 g/mol. The smallest absolute Gasteiger partial charge is 0.246 e. The van der Waals surface area contributed by atoms with Crippen LogP contribution in [0.3, 0.4) is 0 Å². The lowest BCUT2D eigenvalue weighted by Crippen LogP contribution is -3.00. The van der Waals surface area contributed by atoms with Gasteiger partial charge in [0.05, 0.1) is 217 Å². The predicted octanol–water partition coefficient (Wildman–Crippen LogP) is -10.4. The maximum absolute atomic E-state index is 11.6. The van der Waals surface area contributed by atoms with Crippen LogP contribution in [-0.4, -0.2) is 340 Å². The lowest BCUT2D eigenvalue weighted by atomic mass is 10.1. The molecule has 0 heterocycles. The van der Waals surface area contributed by atoms with Gasteiger partial charge < -0.3 is 156 Å². The molecular formula is C77H170Cl12N12O3. The second-order valence-electron chi connectivity index (χ2n) is 33.2. The first kappa shape index (κ1) is 137. The third-order valence-electron chi connectivity index (χ3n) is 18.2. The molecule has 0 saturated heterocycles. The van der Waals surface area contributed by atoms with Crippen LogP contribution in [0.2, 0.25) is 0 Å². The number of hydrogen-bond donors (Lipinski definition) is 3. The summed E-state index contributed by atoms with van der Waals surface area (Å²) in [6.07, 6.45) is 26.0. The van der Waals surface area contributed by atoms with Crippen molar-refractivity contribution in [2.75, 3.05) is 281 Å². The van der Waals surface area contributed by atoms with Gasteiger partial charge in [0.1, 0.15) is 0 Å². The molecule has 0 aromatic heterocycles. The van der Waals surface area contributed by atoms with E-state index in [1.807, 2.05) is 14.1 Å². The molecule has 0 rings (SSSR count). The molecule has 104 heavy (non-hydrogen) atoms. The summed E-state index contributed by atoms with van der Waals surface area (Å²) in [5, 5.41) is 8.66. The summed E-state index contributed by atoms with van der Waals surface area (Å²) >= 11 is 23.1. The van der Waals surface area contributed by atoms with Crippen molar-refractivity contribution >= 4 is 64.1 Å². The highest BCUT2D eigenvalue weighted by Crippen LogP contribution is 2.15. The van der Waals surface area contributed by atoms with Gasteiger partial charge in [-0.05, 0) is 125 Å². The van der Waals surface area contributed by atoms with Crippen LogP contribution in [0.25, 0.3) is 0 Å². The third kappa shape index (κ3) is 96.9. The summed E-state index contributed by atoms with van der Waals surface area (Å²) in [6.45, 7) is 38.7. The van der Waals surface area contributed by atoms with Crippen LogP contribution in [0.5, 0.6) is 0 Å². The van der Waals surface area contributed by atoms with E-state index in [2.05, 4.69) is 153 Å². The molecule has 27 heteroatoms. The van der Waals surface area contributed by atoms with E-state index in [0.717, 1.165) is 144 Å². The fourth-order valence-corrected chi connectivity index (χ4v) is 11.9. The Labute approximate surface area is 717 Å². The Balaban J connectivity index is -0.0000000925. The number of unbranched alkanes of at least 4 members (excludes halogenated alkanes) is 9. The van der Waals surface area contributed by atoms with E-state index in [9.17, 15) is 14.4 Å². The van der Waals surface area contributed by atoms with Gasteiger partial charge in [0.2, 0.25) is 17.7 Å². The largest absolute Gasteiger partial charge is 1.00 e. The van der Waals surface area contributed by atoms with Gasteiger partial charge in [0.15, 0.2) is 0 Å². The number of hydrogen-bond acceptors (Lipinski definition) is 4. The first-order valence-corrected chi connectivity index (χ1v) is 38.9. The van der Waals surface area contributed by atoms with Crippen molar-refractivity contribution in [2.45, 2.75) is 170 Å². The van der Waals surface area contributed by atoms with Crippen LogP contribution in [0.1, 0.15) is 170 Å². The quantitative estimate of drug-likeness (QED) is 0.0245. The van der Waals surface area contributed by atoms with Crippen molar-refractivity contribution in [1.29, 1.82) is 0 Å². The molecule has 3 amide bonds. The number of alkyl halides is 4. The molecule has 0 aliphatic carbocycles. The minimum absolute atomic E-state index is 0. The van der Waals surface area contributed by atoms with E-state index in [1.54, 1.807) is 20.8 Å². The Morgan fingerprint density at radius 2 is 0.404 bits per heavy atom. The van der Waals surface area contributed by atoms with Gasteiger partial charge in [-0.1, -0.05) is 34.6 Å². The Kier molecular flexibility index (Phi) is 104. The van der Waals surface area contributed by atoms with Gasteiger partial charge in [0.25, 0.3) is 0 Å². The predicted molar refractivity (Wildman–Crippen MR) is 430 cm³/mol. The topological polar surface area (TPSA) is 90.5 Å². The Morgan fingerprint density at radius 1 is 0.260 bits per heavy atom. The molecule has 0 aliphatic heterocycles. The fraction of sp³-hybridized carbons (Fsp3) is 0.883. The summed E-state index contributed by atoms with van der Waals surface area (Å²) in [6, 6.07) is 0. The van der Waals surface area contributed by atoms with Crippen molar-refractivity contribution in [3.63, 3.8) is 0 Å². The van der Waals surface area contributed by atoms with Crippen molar-refractivity contribution in [2.24, 2.45) is 0 Å². The molecule has 0 atom stereocenters. The SMILES string of the molecule is C.C.C=C(C)C(=O)NCCCN(C)C.C=C(C)C(=O)NCCC[N+](C)(C)CCC[N+](C)(C)CCCCCC[N+](C)(C)CCC[N+](C)(C)CCCNC(=O)C(=C)C.C[N+](C)(CCCCl)CCCCCC[N+](C)(C)CCCCl.C[N+](C)(CCCCl)CCCCCC[N+](C)(C)CCCCl.[Cl-].[Cl-].[Cl-].[Cl-].[Cl-].[Cl-].[Cl-].[Cl-]. The van der Waals surface area contributed by atoms with Crippen molar-refractivity contribution in [3.8, 4) is 0 Å². The van der Waals surface area contributed by atoms with Crippen LogP contribution in [-0.2, 0) is 14.4 Å². The minimum Gasteiger partial charge on any atom is -1.00 e. The maximum atomic E-state index is 11.6. The molecule has 3 N–H and O–H groups in total. The summed E-state index contributed by atoms with van der Waals surface area (Å²) in [5.41, 5.74) is 1.72. The first-order chi connectivity index (χ1) is 43.5. The zero-order valence-corrected chi connectivity index (χ0v) is 78.3. The second-order valence-corrected chi connectivity index (χ2v) is 34.7. The Hall–Kier alpha value is 0.750. The first-order valence-electron chi connectivity index (χ1n) is 36.7. The number of carbonyl (C=O) groups is 3. The summed E-state index contributed by atoms with van der Waals surface area (Å²) < 4.78 is 8.67. The van der Waals surface area contributed by atoms with Gasteiger partial charge in [-0.15, -0.1) is 46.4 Å². The molecule has 0 aromatic carbocycles. The molecule has 640 valence electrons. The van der Waals surface area contributed by atoms with Gasteiger partial charge >= 0.3 is 0 Å². The lowest BCUT2D eigenvalue weighted by molar-refractivity contribution is -0.909. The van der Waals surface area contributed by atoms with Crippen LogP contribution in [0.4, 0.5) is 0 Å². The number of halogens is 12. The van der Waals surface area contributed by atoms with Gasteiger partial charge in [-0.3, -0.25) is 14.4 Å². The second kappa shape index (κ2) is 79.0. The third-order valence-corrected chi connectivity index (χ3v) is 19.2. The molecule has 0 saturated carbocycles. The average molecular weight is 1740 g/mol. The van der Waals surface area contributed by atoms with E-state index in [1.165, 1.54) is 182 Å². The normalized spacial score (nSPS) is 11.2. The Bertz CT molecular complexity index is 1810. The van der Waals surface area contributed by atoms with E-state index in [0.29, 0.717) is 16.7 Å². The Morgan fingerprint density at radius 3 is 0.558 bits per heavy atom. The van der Waals surface area contributed by atoms with Crippen LogP contribution < -0.4 is 115 Å². The van der Waals surface area contributed by atoms with Gasteiger partial charge in [0, 0.05) is 111 Å². The lowest BCUT2D eigenvalue weighted by Gasteiger charge is -2.34. The number of rotatable bonds is 56. The highest BCUT2D eigenvalue weighted by atomic mass is 35.5. The molecule has 0 radical (unpaired) electrons. The molecule has 0 bridgehead atoms. The zero-order valence-electron chi connectivity index (χ0n) is 69.2. The highest BCUT2D eigenvalue weighted by Gasteiger charge is 2.23. The van der Waals surface area contributed by atoms with Crippen LogP contribution >= 0.6 is 46.4 Å². The number of quaternary nitrogens is 8. The standard InChI is InChI=1S/C34H70N6O2.2C16H36Cl2N2.C9H18N2O.2CH4.8ClH/c1-31(2)33(41)35-21-17-25-39(9,10)29-19-27-37(5,6)23-15-13-14-16-24-38(7,8)28-20-30-40(11,12)26-18-22-36-34(42)32(3)4;2*1-19(2,15-9-11-17)13-7-5-6-8-14-20(3,4)16-10-12-18;1-8(2)9(12)10-6-5-7-11(3)4;;;;;;;;;;/h1,3,13-30H2,2,4-12H3;2*5-16H2,1-4H3;1,5-7H2,2-4H3,(H,10,12);2*1H4;8*1H/q3*+2;;;;;;;;;;;/p-6. The number of nitrogens with zero attached hydrogens (tertiary/aromatic N) is 9. The van der Waals surface area contributed by atoms with Crippen molar-refractivity contribution in [1.82, 2.24) is 20.9 Å². The summed E-state index contributed by atoms with van der Waals surface area (Å²) in [4.78, 5) is 36.3. The molecule has 0 aliphatic rings. The monoisotopic (exact) mass is 1730 g/mol. The average Bonchev–Trinajstić information content (AvgIpc) is 0.919. The number of nitrogens with one attached hydrogen (secondary N) is 3. The van der Waals surface area contributed by atoms with E-state index in [4.69, 9.17) is 46.4 Å². The van der Waals surface area contributed by atoms with E-state index >= 15 is 0 Å². The molecule has 0 fully saturated rings. The summed E-state index contributed by atoms with van der Waals surface area (Å²) in [5.74, 6) is 3.04. The molecule has 0 spiro atoms. The van der Waals surface area contributed by atoms with Crippen molar-refractivity contribution in [3.05, 3.63) is 36.5 Å². The van der Waals surface area contributed by atoms with Crippen LogP contribution in [0.15, 0.2) is 36.5 Å². The number of amides is 3. The zero-order chi connectivity index (χ0) is 73.0. The highest BCUT2D eigenvalue weighted by molar-refractivity contribution is 6.18. The minimum atomic E-state index is -0.0474. The van der Waals surface area contributed by atoms with E-state index < -0.39 is 0 Å². The fourth-order valence-electron chi connectivity index (χ4n) is 11.5. The molecule has 0 aromatic rings. The number of carbonyl (C=O) groups excluding carboxylic acids is 3. The summed E-state index contributed by atoms with van der Waals surface area (Å²) in [7, 11) is 41.3. The van der Waals surface area contributed by atoms with E-state index in [-0.39, 0.29) is 132 Å². The van der Waals surface area contributed by atoms with Gasteiger partial charge in [-0.2, -0.15) is 0 Å². The molecule has 15 nitrogen and oxygen atoms in total. The van der Waals surface area contributed by atoms with Crippen molar-refractivity contribution < 1.29 is 150 Å². The van der Waals surface area contributed by atoms with Crippen LogP contribution in [0, 0.1) is 0 Å².